The molecule has 1 fully saturated rings. The van der Waals surface area contributed by atoms with Gasteiger partial charge in [0.15, 0.2) is 0 Å². The topological polar surface area (TPSA) is 61.7 Å². The number of benzene rings is 2. The van der Waals surface area contributed by atoms with Crippen LogP contribution in [0.25, 0.3) is 0 Å². The summed E-state index contributed by atoms with van der Waals surface area (Å²) in [6.07, 6.45) is -6.47. The summed E-state index contributed by atoms with van der Waals surface area (Å²) >= 11 is 0. The smallest absolute Gasteiger partial charge is 0.394 e. The number of rotatable bonds is 2. The zero-order chi connectivity index (χ0) is 19.2. The summed E-state index contributed by atoms with van der Waals surface area (Å²) in [7, 11) is 0. The van der Waals surface area contributed by atoms with Crippen molar-refractivity contribution in [1.82, 2.24) is 0 Å². The van der Waals surface area contributed by atoms with Gasteiger partial charge in [-0.25, -0.2) is 0 Å². The van der Waals surface area contributed by atoms with Gasteiger partial charge in [0, 0.05) is 17.2 Å². The first-order chi connectivity index (χ1) is 12.9. The maximum Gasteiger partial charge on any atom is 0.416 e. The van der Waals surface area contributed by atoms with Crippen LogP contribution < -0.4 is 5.32 Å². The van der Waals surface area contributed by atoms with E-state index in [2.05, 4.69) is 5.32 Å². The molecule has 5 atom stereocenters. The van der Waals surface area contributed by atoms with Crippen LogP contribution in [0.2, 0.25) is 0 Å². The van der Waals surface area contributed by atoms with Gasteiger partial charge in [0.1, 0.15) is 6.10 Å². The maximum absolute atomic E-state index is 13.2. The lowest BCUT2D eigenvalue weighted by Gasteiger charge is -2.47. The molecule has 4 nitrogen and oxygen atoms in total. The van der Waals surface area contributed by atoms with Gasteiger partial charge >= 0.3 is 6.18 Å². The van der Waals surface area contributed by atoms with Crippen LogP contribution in [-0.2, 0) is 10.9 Å². The Balaban J connectivity index is 1.79. The van der Waals surface area contributed by atoms with Crippen LogP contribution in [0, 0.1) is 5.92 Å². The molecule has 27 heavy (non-hydrogen) atoms. The molecule has 0 radical (unpaired) electrons. The van der Waals surface area contributed by atoms with Gasteiger partial charge in [0.05, 0.1) is 30.4 Å². The van der Waals surface area contributed by atoms with Crippen molar-refractivity contribution >= 4 is 5.69 Å². The van der Waals surface area contributed by atoms with E-state index in [1.165, 1.54) is 6.07 Å². The minimum atomic E-state index is -4.45. The van der Waals surface area contributed by atoms with Crippen molar-refractivity contribution in [3.05, 3.63) is 65.2 Å². The molecule has 0 amide bonds. The normalized spacial score (nSPS) is 30.2. The second-order valence-corrected chi connectivity index (χ2v) is 7.08. The van der Waals surface area contributed by atoms with E-state index in [-0.39, 0.29) is 18.6 Å². The molecule has 5 unspecified atom stereocenters. The Hall–Kier alpha value is -2.09. The van der Waals surface area contributed by atoms with E-state index >= 15 is 0 Å². The first-order valence-corrected chi connectivity index (χ1v) is 8.85. The van der Waals surface area contributed by atoms with E-state index < -0.39 is 30.1 Å². The summed E-state index contributed by atoms with van der Waals surface area (Å²) in [5, 5.41) is 23.1. The molecular weight excluding hydrogens is 359 g/mol. The van der Waals surface area contributed by atoms with Crippen molar-refractivity contribution in [3.8, 4) is 0 Å². The first kappa shape index (κ1) is 18.3. The van der Waals surface area contributed by atoms with Gasteiger partial charge in [-0.3, -0.25) is 0 Å². The summed E-state index contributed by atoms with van der Waals surface area (Å²) in [5.41, 5.74) is 1.21. The molecule has 0 aromatic heterocycles. The minimum Gasteiger partial charge on any atom is -0.394 e. The van der Waals surface area contributed by atoms with Crippen molar-refractivity contribution in [1.29, 1.82) is 0 Å². The van der Waals surface area contributed by atoms with Crippen LogP contribution in [0.5, 0.6) is 0 Å². The van der Waals surface area contributed by atoms with E-state index in [4.69, 9.17) is 4.74 Å². The molecule has 0 spiro atoms. The van der Waals surface area contributed by atoms with E-state index in [9.17, 15) is 23.4 Å². The van der Waals surface area contributed by atoms with Gasteiger partial charge in [-0.15, -0.1) is 0 Å². The third-order valence-corrected chi connectivity index (χ3v) is 5.42. The lowest BCUT2D eigenvalue weighted by molar-refractivity contribution is -0.166. The van der Waals surface area contributed by atoms with Crippen LogP contribution >= 0.6 is 0 Å². The Kier molecular flexibility index (Phi) is 4.61. The molecule has 4 rings (SSSR count). The largest absolute Gasteiger partial charge is 0.416 e. The summed E-state index contributed by atoms with van der Waals surface area (Å²) in [5.74, 6) is -0.263. The minimum absolute atomic E-state index is 0.213. The predicted octanol–water partition coefficient (Wildman–Crippen LogP) is 3.67. The lowest BCUT2D eigenvalue weighted by Crippen LogP contribution is -2.47. The monoisotopic (exact) mass is 379 g/mol. The summed E-state index contributed by atoms with van der Waals surface area (Å²) in [6.45, 7) is -0.387. The van der Waals surface area contributed by atoms with E-state index in [1.54, 1.807) is 0 Å². The van der Waals surface area contributed by atoms with Crippen molar-refractivity contribution in [2.45, 2.75) is 37.0 Å². The van der Waals surface area contributed by atoms with Crippen LogP contribution in [0.3, 0.4) is 0 Å². The highest BCUT2D eigenvalue weighted by Gasteiger charge is 2.46. The molecule has 1 saturated heterocycles. The average molecular weight is 379 g/mol. The van der Waals surface area contributed by atoms with Gasteiger partial charge in [-0.1, -0.05) is 30.3 Å². The number of hydrogen-bond acceptors (Lipinski definition) is 4. The highest BCUT2D eigenvalue weighted by Crippen LogP contribution is 2.51. The maximum atomic E-state index is 13.2. The number of aliphatic hydroxyl groups excluding tert-OH is 2. The summed E-state index contributed by atoms with van der Waals surface area (Å²) in [6, 6.07) is 12.9. The standard InChI is InChI=1S/C20H20F3NO3/c21-20(22,23)12-6-7-15-13(8-12)19-14(9-16(26)17(10-25)27-19)18(24-15)11-4-2-1-3-5-11/h1-8,14,16-19,24-26H,9-10H2. The highest BCUT2D eigenvalue weighted by molar-refractivity contribution is 5.58. The molecule has 2 aromatic carbocycles. The Morgan fingerprint density at radius 3 is 2.52 bits per heavy atom. The van der Waals surface area contributed by atoms with Crippen molar-refractivity contribution < 1.29 is 28.1 Å². The molecule has 2 aliphatic heterocycles. The molecular formula is C20H20F3NO3. The zero-order valence-corrected chi connectivity index (χ0v) is 14.4. The van der Waals surface area contributed by atoms with Crippen molar-refractivity contribution in [3.63, 3.8) is 0 Å². The number of nitrogens with one attached hydrogen (secondary N) is 1. The molecule has 2 aromatic rings. The molecule has 0 saturated carbocycles. The van der Waals surface area contributed by atoms with Crippen molar-refractivity contribution in [2.75, 3.05) is 11.9 Å². The van der Waals surface area contributed by atoms with E-state index in [1.807, 2.05) is 30.3 Å². The predicted molar refractivity (Wildman–Crippen MR) is 93.1 cm³/mol. The third-order valence-electron chi connectivity index (χ3n) is 5.42. The third kappa shape index (κ3) is 3.31. The van der Waals surface area contributed by atoms with Crippen molar-refractivity contribution in [2.24, 2.45) is 5.92 Å². The fraction of sp³-hybridized carbons (Fsp3) is 0.400. The molecule has 3 N–H and O–H groups in total. The molecule has 0 bridgehead atoms. The Morgan fingerprint density at radius 1 is 1.11 bits per heavy atom. The highest BCUT2D eigenvalue weighted by atomic mass is 19.4. The number of anilines is 1. The average Bonchev–Trinajstić information content (AvgIpc) is 2.66. The quantitative estimate of drug-likeness (QED) is 0.745. The second kappa shape index (κ2) is 6.82. The number of hydrogen-bond donors (Lipinski definition) is 3. The fourth-order valence-corrected chi connectivity index (χ4v) is 4.09. The van der Waals surface area contributed by atoms with E-state index in [0.717, 1.165) is 17.7 Å². The number of alkyl halides is 3. The fourth-order valence-electron chi connectivity index (χ4n) is 4.09. The van der Waals surface area contributed by atoms with Gasteiger partial charge < -0.3 is 20.3 Å². The Morgan fingerprint density at radius 2 is 1.85 bits per heavy atom. The Labute approximate surface area is 154 Å². The SMILES string of the molecule is OCC1OC2c3cc(C(F)(F)F)ccc3NC(c3ccccc3)C2CC1O. The number of halogens is 3. The van der Waals surface area contributed by atoms with Gasteiger partial charge in [-0.05, 0) is 30.2 Å². The van der Waals surface area contributed by atoms with Crippen LogP contribution in [-0.4, -0.2) is 29.0 Å². The molecule has 2 aliphatic rings. The Bertz CT molecular complexity index is 812. The molecule has 7 heteroatoms. The van der Waals surface area contributed by atoms with Gasteiger partial charge in [0.25, 0.3) is 0 Å². The number of aliphatic hydroxyl groups is 2. The van der Waals surface area contributed by atoms with Crippen LogP contribution in [0.15, 0.2) is 48.5 Å². The van der Waals surface area contributed by atoms with Gasteiger partial charge in [-0.2, -0.15) is 13.2 Å². The molecule has 144 valence electrons. The zero-order valence-electron chi connectivity index (χ0n) is 14.4. The lowest BCUT2D eigenvalue weighted by atomic mass is 9.75. The number of ether oxygens (including phenoxy) is 1. The molecule has 0 aliphatic carbocycles. The number of fused-ring (bicyclic) bond motifs is 3. The summed E-state index contributed by atoms with van der Waals surface area (Å²) in [4.78, 5) is 0. The molecule has 2 heterocycles. The van der Waals surface area contributed by atoms with Crippen LogP contribution in [0.1, 0.15) is 35.3 Å². The summed E-state index contributed by atoms with van der Waals surface area (Å²) < 4.78 is 45.5. The van der Waals surface area contributed by atoms with E-state index in [0.29, 0.717) is 17.7 Å². The second-order valence-electron chi connectivity index (χ2n) is 7.08. The van der Waals surface area contributed by atoms with Crippen LogP contribution in [0.4, 0.5) is 18.9 Å². The first-order valence-electron chi connectivity index (χ1n) is 8.85. The van der Waals surface area contributed by atoms with Gasteiger partial charge in [0.2, 0.25) is 0 Å².